The van der Waals surface area contributed by atoms with Crippen molar-refractivity contribution in [3.05, 3.63) is 21.9 Å². The molecule has 1 aromatic heterocycles. The number of allylic oxidation sites excluding steroid dienone is 2. The SMILES string of the molecule is CCC(CCC(C)C)C(=O)N(c1cc(C2=CCCCC2)sc1C(=O)O)C1CCNCC1. The molecule has 2 heterocycles. The molecule has 1 fully saturated rings. The van der Waals surface area contributed by atoms with Crippen molar-refractivity contribution in [2.75, 3.05) is 18.0 Å². The fourth-order valence-electron chi connectivity index (χ4n) is 4.73. The van der Waals surface area contributed by atoms with Gasteiger partial charge in [0.05, 0.1) is 5.69 Å². The Morgan fingerprint density at radius 3 is 2.55 bits per heavy atom. The Hall–Kier alpha value is -1.66. The Labute approximate surface area is 190 Å². The van der Waals surface area contributed by atoms with E-state index in [9.17, 15) is 14.7 Å². The number of hydrogen-bond acceptors (Lipinski definition) is 4. The van der Waals surface area contributed by atoms with E-state index in [1.54, 1.807) is 0 Å². The molecule has 172 valence electrons. The Morgan fingerprint density at radius 1 is 1.23 bits per heavy atom. The highest BCUT2D eigenvalue weighted by molar-refractivity contribution is 7.15. The average molecular weight is 447 g/mol. The van der Waals surface area contributed by atoms with Crippen LogP contribution in [0.2, 0.25) is 0 Å². The van der Waals surface area contributed by atoms with Crippen molar-refractivity contribution < 1.29 is 14.7 Å². The molecule has 1 aromatic rings. The van der Waals surface area contributed by atoms with Gasteiger partial charge < -0.3 is 15.3 Å². The van der Waals surface area contributed by atoms with Gasteiger partial charge in [0, 0.05) is 16.8 Å². The van der Waals surface area contributed by atoms with Crippen LogP contribution in [0, 0.1) is 11.8 Å². The maximum Gasteiger partial charge on any atom is 0.348 e. The largest absolute Gasteiger partial charge is 0.477 e. The molecule has 0 saturated carbocycles. The van der Waals surface area contributed by atoms with E-state index in [-0.39, 0.29) is 17.9 Å². The lowest BCUT2D eigenvalue weighted by Crippen LogP contribution is -2.48. The summed E-state index contributed by atoms with van der Waals surface area (Å²) in [6.07, 6.45) is 11.0. The topological polar surface area (TPSA) is 69.6 Å². The van der Waals surface area contributed by atoms with Gasteiger partial charge in [0.1, 0.15) is 4.88 Å². The molecule has 31 heavy (non-hydrogen) atoms. The van der Waals surface area contributed by atoms with Gasteiger partial charge in [-0.15, -0.1) is 11.3 Å². The first kappa shape index (κ1) is 24.0. The van der Waals surface area contributed by atoms with Crippen LogP contribution in [0.3, 0.4) is 0 Å². The zero-order valence-electron chi connectivity index (χ0n) is 19.3. The van der Waals surface area contributed by atoms with Crippen molar-refractivity contribution in [3.63, 3.8) is 0 Å². The zero-order chi connectivity index (χ0) is 22.4. The minimum absolute atomic E-state index is 0.0581. The number of carbonyl (C=O) groups is 2. The molecule has 6 heteroatoms. The van der Waals surface area contributed by atoms with Gasteiger partial charge in [-0.1, -0.05) is 33.3 Å². The highest BCUT2D eigenvalue weighted by atomic mass is 32.1. The summed E-state index contributed by atoms with van der Waals surface area (Å²) >= 11 is 1.34. The molecule has 1 aliphatic carbocycles. The molecule has 1 unspecified atom stereocenters. The first-order valence-electron chi connectivity index (χ1n) is 12.0. The number of nitrogens with zero attached hydrogens (tertiary/aromatic N) is 1. The fourth-order valence-corrected chi connectivity index (χ4v) is 5.78. The maximum atomic E-state index is 13.8. The predicted molar refractivity (Wildman–Crippen MR) is 129 cm³/mol. The van der Waals surface area contributed by atoms with Gasteiger partial charge in [-0.3, -0.25) is 4.79 Å². The summed E-state index contributed by atoms with van der Waals surface area (Å²) < 4.78 is 0. The van der Waals surface area contributed by atoms with E-state index < -0.39 is 5.97 Å². The number of anilines is 1. The molecule has 0 aromatic carbocycles. The molecule has 1 saturated heterocycles. The first-order valence-corrected chi connectivity index (χ1v) is 12.8. The Kier molecular flexibility index (Phi) is 8.73. The van der Waals surface area contributed by atoms with Crippen molar-refractivity contribution in [2.24, 2.45) is 11.8 Å². The number of amides is 1. The number of nitrogens with one attached hydrogen (secondary N) is 1. The molecule has 3 rings (SSSR count). The molecular weight excluding hydrogens is 408 g/mol. The van der Waals surface area contributed by atoms with E-state index in [0.29, 0.717) is 16.5 Å². The van der Waals surface area contributed by atoms with E-state index >= 15 is 0 Å². The summed E-state index contributed by atoms with van der Waals surface area (Å²) in [5.74, 6) is -0.324. The van der Waals surface area contributed by atoms with Crippen molar-refractivity contribution in [1.82, 2.24) is 5.32 Å². The molecule has 1 aliphatic heterocycles. The number of carboxylic acid groups (broad SMARTS) is 1. The highest BCUT2D eigenvalue weighted by Gasteiger charge is 2.35. The van der Waals surface area contributed by atoms with Crippen LogP contribution in [0.1, 0.15) is 93.1 Å². The average Bonchev–Trinajstić information content (AvgIpc) is 3.21. The number of carbonyl (C=O) groups excluding carboxylic acids is 1. The van der Waals surface area contributed by atoms with Crippen LogP contribution in [-0.2, 0) is 4.79 Å². The summed E-state index contributed by atoms with van der Waals surface area (Å²) in [5, 5.41) is 13.4. The number of rotatable bonds is 9. The van der Waals surface area contributed by atoms with E-state index in [2.05, 4.69) is 32.2 Å². The molecule has 0 spiro atoms. The maximum absolute atomic E-state index is 13.8. The fraction of sp³-hybridized carbons (Fsp3) is 0.680. The number of piperidine rings is 1. The molecule has 0 radical (unpaired) electrons. The van der Waals surface area contributed by atoms with Gasteiger partial charge in [-0.2, -0.15) is 0 Å². The van der Waals surface area contributed by atoms with Crippen LogP contribution in [-0.4, -0.2) is 36.1 Å². The van der Waals surface area contributed by atoms with Crippen molar-refractivity contribution >= 4 is 34.5 Å². The summed E-state index contributed by atoms with van der Waals surface area (Å²) in [7, 11) is 0. The molecule has 1 atom stereocenters. The third kappa shape index (κ3) is 5.98. The lowest BCUT2D eigenvalue weighted by atomic mass is 9.92. The van der Waals surface area contributed by atoms with Crippen LogP contribution < -0.4 is 10.2 Å². The summed E-state index contributed by atoms with van der Waals surface area (Å²) in [6, 6.07) is 2.06. The third-order valence-electron chi connectivity index (χ3n) is 6.62. The second-order valence-corrected chi connectivity index (χ2v) is 10.4. The first-order chi connectivity index (χ1) is 14.9. The minimum atomic E-state index is -0.926. The van der Waals surface area contributed by atoms with E-state index in [1.807, 2.05) is 11.0 Å². The standard InChI is InChI=1S/C25H38N2O3S/c1-4-18(11-10-17(2)3)24(28)27(20-12-14-26-15-13-20)21-16-22(31-23(21)25(29)30)19-8-6-5-7-9-19/h8,16-18,20,26H,4-7,9-15H2,1-3H3,(H,29,30). The van der Waals surface area contributed by atoms with Crippen molar-refractivity contribution in [2.45, 2.75) is 84.6 Å². The van der Waals surface area contributed by atoms with E-state index in [4.69, 9.17) is 0 Å². The van der Waals surface area contributed by atoms with E-state index in [0.717, 1.165) is 69.3 Å². The van der Waals surface area contributed by atoms with Gasteiger partial charge in [-0.05, 0) is 82.0 Å². The lowest BCUT2D eigenvalue weighted by molar-refractivity contribution is -0.123. The zero-order valence-corrected chi connectivity index (χ0v) is 20.1. The molecule has 2 aliphatic rings. The van der Waals surface area contributed by atoms with Crippen LogP contribution >= 0.6 is 11.3 Å². The number of aromatic carboxylic acids is 1. The molecule has 2 N–H and O–H groups in total. The predicted octanol–water partition coefficient (Wildman–Crippen LogP) is 5.95. The van der Waals surface area contributed by atoms with Crippen LogP contribution in [0.15, 0.2) is 12.1 Å². The molecule has 5 nitrogen and oxygen atoms in total. The van der Waals surface area contributed by atoms with Gasteiger partial charge in [0.15, 0.2) is 0 Å². The lowest BCUT2D eigenvalue weighted by Gasteiger charge is -2.36. The summed E-state index contributed by atoms with van der Waals surface area (Å²) in [6.45, 7) is 8.18. The second kappa shape index (κ2) is 11.3. The molecule has 0 bridgehead atoms. The number of thiophene rings is 1. The third-order valence-corrected chi connectivity index (χ3v) is 7.81. The van der Waals surface area contributed by atoms with Crippen molar-refractivity contribution in [1.29, 1.82) is 0 Å². The van der Waals surface area contributed by atoms with E-state index in [1.165, 1.54) is 23.3 Å². The second-order valence-electron chi connectivity index (χ2n) is 9.37. The van der Waals surface area contributed by atoms with Gasteiger partial charge in [-0.25, -0.2) is 4.79 Å². The van der Waals surface area contributed by atoms with Crippen LogP contribution in [0.5, 0.6) is 0 Å². The monoisotopic (exact) mass is 446 g/mol. The molecular formula is C25H38N2O3S. The number of hydrogen-bond donors (Lipinski definition) is 2. The quantitative estimate of drug-likeness (QED) is 0.492. The van der Waals surface area contributed by atoms with Gasteiger partial charge in [0.2, 0.25) is 5.91 Å². The highest BCUT2D eigenvalue weighted by Crippen LogP contribution is 2.40. The normalized spacial score (nSPS) is 18.6. The van der Waals surface area contributed by atoms with Crippen LogP contribution in [0.4, 0.5) is 5.69 Å². The Bertz CT molecular complexity index is 793. The Morgan fingerprint density at radius 2 is 1.97 bits per heavy atom. The molecule has 1 amide bonds. The van der Waals surface area contributed by atoms with Gasteiger partial charge >= 0.3 is 5.97 Å². The Balaban J connectivity index is 2.00. The van der Waals surface area contributed by atoms with Crippen LogP contribution in [0.25, 0.3) is 5.57 Å². The summed E-state index contributed by atoms with van der Waals surface area (Å²) in [5.41, 5.74) is 1.87. The summed E-state index contributed by atoms with van der Waals surface area (Å²) in [4.78, 5) is 29.3. The minimum Gasteiger partial charge on any atom is -0.477 e. The van der Waals surface area contributed by atoms with Crippen molar-refractivity contribution in [3.8, 4) is 0 Å². The smallest absolute Gasteiger partial charge is 0.348 e. The number of carboxylic acids is 1. The van der Waals surface area contributed by atoms with Gasteiger partial charge in [0.25, 0.3) is 0 Å².